The van der Waals surface area contributed by atoms with E-state index in [-0.39, 0.29) is 31.6 Å². The second-order valence-electron chi connectivity index (χ2n) is 9.31. The molecule has 4 rings (SSSR count). The molecule has 186 valence electrons. The minimum atomic E-state index is -1.32. The summed E-state index contributed by atoms with van der Waals surface area (Å²) in [5, 5.41) is 12.5. The van der Waals surface area contributed by atoms with Crippen LogP contribution in [0.3, 0.4) is 0 Å². The zero-order valence-corrected chi connectivity index (χ0v) is 20.2. The lowest BCUT2D eigenvalue weighted by molar-refractivity contribution is -0.161. The van der Waals surface area contributed by atoms with E-state index in [0.717, 1.165) is 22.3 Å². The van der Waals surface area contributed by atoms with Crippen LogP contribution < -0.4 is 5.32 Å². The van der Waals surface area contributed by atoms with Gasteiger partial charge in [0.25, 0.3) is 0 Å². The van der Waals surface area contributed by atoms with Gasteiger partial charge in [-0.15, -0.1) is 0 Å². The number of likely N-dealkylation sites (tertiary alicyclic amines) is 1. The first kappa shape index (κ1) is 24.7. The molecule has 2 amide bonds. The summed E-state index contributed by atoms with van der Waals surface area (Å²) < 4.78 is 10.7. The van der Waals surface area contributed by atoms with Gasteiger partial charge < -0.3 is 24.8 Å². The molecule has 2 aromatic carbocycles. The van der Waals surface area contributed by atoms with Crippen molar-refractivity contribution >= 4 is 18.0 Å². The highest BCUT2D eigenvalue weighted by molar-refractivity contribution is 5.89. The van der Waals surface area contributed by atoms with E-state index >= 15 is 0 Å². The van der Waals surface area contributed by atoms with Gasteiger partial charge in [0.15, 0.2) is 5.54 Å². The molecule has 1 saturated heterocycles. The molecule has 1 aliphatic heterocycles. The number of fused-ring (bicyclic) bond motifs is 3. The van der Waals surface area contributed by atoms with E-state index in [0.29, 0.717) is 25.8 Å². The molecular weight excluding hydrogens is 448 g/mol. The number of carbonyl (C=O) groups excluding carboxylic acids is 2. The Hall–Kier alpha value is -3.39. The largest absolute Gasteiger partial charge is 0.479 e. The van der Waals surface area contributed by atoms with Crippen molar-refractivity contribution in [2.24, 2.45) is 5.92 Å². The number of amides is 2. The highest BCUT2D eigenvalue weighted by atomic mass is 16.5. The Morgan fingerprint density at radius 2 is 1.74 bits per heavy atom. The maximum absolute atomic E-state index is 13.0. The van der Waals surface area contributed by atoms with E-state index < -0.39 is 23.5 Å². The number of methoxy groups -OCH3 is 1. The lowest BCUT2D eigenvalue weighted by Gasteiger charge is -2.35. The molecule has 1 fully saturated rings. The number of hydrogen-bond donors (Lipinski definition) is 2. The highest BCUT2D eigenvalue weighted by Gasteiger charge is 2.50. The Kier molecular flexibility index (Phi) is 7.40. The topological polar surface area (TPSA) is 105 Å². The number of hydrogen-bond acceptors (Lipinski definition) is 5. The van der Waals surface area contributed by atoms with Crippen molar-refractivity contribution in [3.63, 3.8) is 0 Å². The summed E-state index contributed by atoms with van der Waals surface area (Å²) >= 11 is 0. The molecular formula is C27H32N2O6. The SMILES string of the molecule is COCC1(C(=O)O)CCCN1C(=O)C(C)CCNC(=O)OCC1c2ccccc2-c2ccccc21. The number of aliphatic carboxylic acids is 1. The quantitative estimate of drug-likeness (QED) is 0.568. The maximum atomic E-state index is 13.0. The van der Waals surface area contributed by atoms with Gasteiger partial charge in [-0.3, -0.25) is 4.79 Å². The second-order valence-corrected chi connectivity index (χ2v) is 9.31. The molecule has 2 atom stereocenters. The zero-order valence-electron chi connectivity index (χ0n) is 20.2. The first-order chi connectivity index (χ1) is 16.9. The first-order valence-electron chi connectivity index (χ1n) is 12.0. The van der Waals surface area contributed by atoms with Crippen LogP contribution in [0.2, 0.25) is 0 Å². The van der Waals surface area contributed by atoms with Gasteiger partial charge in [0.05, 0.1) is 6.61 Å². The molecule has 1 aliphatic carbocycles. The number of alkyl carbamates (subject to hydrolysis) is 1. The van der Waals surface area contributed by atoms with Crippen LogP contribution in [0.4, 0.5) is 4.79 Å². The molecule has 0 aromatic heterocycles. The summed E-state index contributed by atoms with van der Waals surface area (Å²) in [6.45, 7) is 2.57. The fraction of sp³-hybridized carbons (Fsp3) is 0.444. The standard InChI is InChI=1S/C27H32N2O6/c1-18(24(30)29-15-7-13-27(29,17-34-2)25(31)32)12-14-28-26(33)35-16-23-21-10-5-3-8-19(21)20-9-4-6-11-22(20)23/h3-6,8-11,18,23H,7,12-17H2,1-2H3,(H,28,33)(H,31,32). The van der Waals surface area contributed by atoms with E-state index in [1.54, 1.807) is 6.92 Å². The fourth-order valence-corrected chi connectivity index (χ4v) is 5.30. The molecule has 8 nitrogen and oxygen atoms in total. The summed E-state index contributed by atoms with van der Waals surface area (Å²) in [4.78, 5) is 38.8. The smallest absolute Gasteiger partial charge is 0.407 e. The van der Waals surface area contributed by atoms with Crippen LogP contribution in [0.15, 0.2) is 48.5 Å². The summed E-state index contributed by atoms with van der Waals surface area (Å²) in [5.41, 5.74) is 3.29. The molecule has 0 bridgehead atoms. The van der Waals surface area contributed by atoms with E-state index in [4.69, 9.17) is 9.47 Å². The number of nitrogens with zero attached hydrogens (tertiary/aromatic N) is 1. The van der Waals surface area contributed by atoms with Crippen LogP contribution in [-0.4, -0.2) is 66.9 Å². The third-order valence-corrected chi connectivity index (χ3v) is 7.15. The molecule has 0 spiro atoms. The molecule has 2 aliphatic rings. The number of carboxylic acids is 1. The number of carbonyl (C=O) groups is 3. The van der Waals surface area contributed by atoms with Gasteiger partial charge in [0.2, 0.25) is 5.91 Å². The molecule has 35 heavy (non-hydrogen) atoms. The Labute approximate surface area is 205 Å². The van der Waals surface area contributed by atoms with E-state index in [9.17, 15) is 19.5 Å². The maximum Gasteiger partial charge on any atom is 0.407 e. The average molecular weight is 481 g/mol. The number of benzene rings is 2. The van der Waals surface area contributed by atoms with Crippen molar-refractivity contribution in [3.05, 3.63) is 59.7 Å². The molecule has 0 saturated carbocycles. The van der Waals surface area contributed by atoms with Crippen LogP contribution in [0.5, 0.6) is 0 Å². The van der Waals surface area contributed by atoms with E-state index in [1.807, 2.05) is 24.3 Å². The molecule has 1 heterocycles. The monoisotopic (exact) mass is 480 g/mol. The van der Waals surface area contributed by atoms with Gasteiger partial charge >= 0.3 is 12.1 Å². The summed E-state index contributed by atoms with van der Waals surface area (Å²) in [6, 6.07) is 16.3. The molecule has 2 unspecified atom stereocenters. The Balaban J connectivity index is 1.28. The Morgan fingerprint density at radius 3 is 2.34 bits per heavy atom. The fourth-order valence-electron chi connectivity index (χ4n) is 5.30. The van der Waals surface area contributed by atoms with Crippen molar-refractivity contribution in [3.8, 4) is 11.1 Å². The van der Waals surface area contributed by atoms with Crippen molar-refractivity contribution in [1.82, 2.24) is 10.2 Å². The summed E-state index contributed by atoms with van der Waals surface area (Å²) in [5.74, 6) is -1.75. The Bertz CT molecular complexity index is 1060. The third-order valence-electron chi connectivity index (χ3n) is 7.15. The zero-order chi connectivity index (χ0) is 25.0. The Morgan fingerprint density at radius 1 is 1.11 bits per heavy atom. The van der Waals surface area contributed by atoms with Gasteiger partial charge in [-0.25, -0.2) is 9.59 Å². The highest BCUT2D eigenvalue weighted by Crippen LogP contribution is 2.44. The number of nitrogens with one attached hydrogen (secondary N) is 1. The minimum Gasteiger partial charge on any atom is -0.479 e. The number of ether oxygens (including phenoxy) is 2. The molecule has 0 radical (unpaired) electrons. The van der Waals surface area contributed by atoms with Gasteiger partial charge in [-0.1, -0.05) is 55.5 Å². The molecule has 8 heteroatoms. The van der Waals surface area contributed by atoms with Gasteiger partial charge in [0.1, 0.15) is 6.61 Å². The molecule has 2 aromatic rings. The van der Waals surface area contributed by atoms with Crippen LogP contribution in [0.1, 0.15) is 43.2 Å². The third kappa shape index (κ3) is 4.75. The second kappa shape index (κ2) is 10.5. The van der Waals surface area contributed by atoms with Crippen molar-refractivity contribution < 1.29 is 29.0 Å². The van der Waals surface area contributed by atoms with Gasteiger partial charge in [-0.2, -0.15) is 0 Å². The van der Waals surface area contributed by atoms with Crippen LogP contribution >= 0.6 is 0 Å². The van der Waals surface area contributed by atoms with E-state index in [2.05, 4.69) is 29.6 Å². The van der Waals surface area contributed by atoms with E-state index in [1.165, 1.54) is 12.0 Å². The number of carboxylic acid groups (broad SMARTS) is 1. The predicted octanol–water partition coefficient (Wildman–Crippen LogP) is 3.64. The lowest BCUT2D eigenvalue weighted by atomic mass is 9.95. The summed E-state index contributed by atoms with van der Waals surface area (Å²) in [7, 11) is 1.44. The summed E-state index contributed by atoms with van der Waals surface area (Å²) in [6.07, 6.45) is 0.827. The van der Waals surface area contributed by atoms with Gasteiger partial charge in [0, 0.05) is 32.0 Å². The van der Waals surface area contributed by atoms with Crippen LogP contribution in [0, 0.1) is 5.92 Å². The lowest BCUT2D eigenvalue weighted by Crippen LogP contribution is -2.57. The van der Waals surface area contributed by atoms with Crippen molar-refractivity contribution in [2.45, 2.75) is 37.6 Å². The van der Waals surface area contributed by atoms with Crippen LogP contribution in [0.25, 0.3) is 11.1 Å². The average Bonchev–Trinajstić information content (AvgIpc) is 3.42. The van der Waals surface area contributed by atoms with Crippen LogP contribution in [-0.2, 0) is 19.1 Å². The number of rotatable bonds is 9. The van der Waals surface area contributed by atoms with Crippen molar-refractivity contribution in [1.29, 1.82) is 0 Å². The molecule has 2 N–H and O–H groups in total. The van der Waals surface area contributed by atoms with Crippen molar-refractivity contribution in [2.75, 3.05) is 33.4 Å². The van der Waals surface area contributed by atoms with Gasteiger partial charge in [-0.05, 0) is 41.5 Å². The normalized spacial score (nSPS) is 19.7. The first-order valence-corrected chi connectivity index (χ1v) is 12.0. The minimum absolute atomic E-state index is 0.0197. The predicted molar refractivity (Wildman–Crippen MR) is 130 cm³/mol.